The Labute approximate surface area is 186 Å². The highest BCUT2D eigenvalue weighted by Gasteiger charge is 2.53. The van der Waals surface area contributed by atoms with Crippen molar-refractivity contribution >= 4 is 39.3 Å². The summed E-state index contributed by atoms with van der Waals surface area (Å²) in [5, 5.41) is 2.82. The zero-order valence-corrected chi connectivity index (χ0v) is 19.3. The molecule has 4 rings (SSSR count). The van der Waals surface area contributed by atoms with Gasteiger partial charge in [-0.1, -0.05) is 0 Å². The third kappa shape index (κ3) is 4.15. The molecular formula is C20H27N3O6S2. The highest BCUT2D eigenvalue weighted by atomic mass is 32.2. The Balaban J connectivity index is 1.60. The van der Waals surface area contributed by atoms with Crippen molar-refractivity contribution < 1.29 is 27.5 Å². The van der Waals surface area contributed by atoms with Gasteiger partial charge in [-0.3, -0.25) is 9.59 Å². The van der Waals surface area contributed by atoms with E-state index in [0.717, 1.165) is 6.42 Å². The largest absolute Gasteiger partial charge is 0.492 e. The van der Waals surface area contributed by atoms with E-state index >= 15 is 0 Å². The zero-order valence-electron chi connectivity index (χ0n) is 17.6. The van der Waals surface area contributed by atoms with Gasteiger partial charge in [-0.05, 0) is 38.5 Å². The summed E-state index contributed by atoms with van der Waals surface area (Å²) >= 11 is 1.61. The van der Waals surface area contributed by atoms with E-state index in [4.69, 9.17) is 9.47 Å². The van der Waals surface area contributed by atoms with Crippen LogP contribution in [0.1, 0.15) is 26.7 Å². The highest BCUT2D eigenvalue weighted by Crippen LogP contribution is 2.47. The van der Waals surface area contributed by atoms with Crippen LogP contribution in [0.3, 0.4) is 0 Å². The van der Waals surface area contributed by atoms with E-state index in [2.05, 4.69) is 5.32 Å². The number of hydrogen-bond donors (Lipinski definition) is 1. The molecule has 0 radical (unpaired) electrons. The van der Waals surface area contributed by atoms with E-state index in [0.29, 0.717) is 37.7 Å². The number of carbonyl (C=O) groups is 2. The number of morpholine rings is 1. The number of nitrogens with zero attached hydrogens (tertiary/aromatic N) is 2. The summed E-state index contributed by atoms with van der Waals surface area (Å²) in [6.45, 7) is 5.42. The average molecular weight is 470 g/mol. The number of benzene rings is 1. The predicted octanol–water partition coefficient (Wildman–Crippen LogP) is 1.50. The molecule has 11 heteroatoms. The second kappa shape index (κ2) is 8.61. The van der Waals surface area contributed by atoms with Crippen molar-refractivity contribution in [3.05, 3.63) is 18.2 Å². The van der Waals surface area contributed by atoms with Crippen LogP contribution in [0, 0.1) is 0 Å². The number of nitrogens with one attached hydrogen (secondary N) is 1. The molecule has 0 bridgehead atoms. The van der Waals surface area contributed by atoms with Crippen molar-refractivity contribution in [2.75, 3.05) is 44.0 Å². The quantitative estimate of drug-likeness (QED) is 0.673. The maximum atomic E-state index is 13.1. The molecule has 0 saturated carbocycles. The number of ether oxygens (including phenoxy) is 2. The summed E-state index contributed by atoms with van der Waals surface area (Å²) in [6, 6.07) is 3.87. The minimum Gasteiger partial charge on any atom is -0.492 e. The van der Waals surface area contributed by atoms with Gasteiger partial charge in [0.2, 0.25) is 21.8 Å². The molecule has 170 valence electrons. The van der Waals surface area contributed by atoms with Gasteiger partial charge < -0.3 is 19.7 Å². The monoisotopic (exact) mass is 469 g/mol. The Morgan fingerprint density at radius 2 is 2.10 bits per heavy atom. The maximum absolute atomic E-state index is 13.1. The van der Waals surface area contributed by atoms with E-state index in [1.54, 1.807) is 22.7 Å². The van der Waals surface area contributed by atoms with E-state index in [9.17, 15) is 18.0 Å². The molecule has 31 heavy (non-hydrogen) atoms. The first-order chi connectivity index (χ1) is 14.8. The highest BCUT2D eigenvalue weighted by molar-refractivity contribution is 8.01. The summed E-state index contributed by atoms with van der Waals surface area (Å²) in [7, 11) is -3.73. The number of hydrogen-bond acceptors (Lipinski definition) is 7. The van der Waals surface area contributed by atoms with Gasteiger partial charge in [0.1, 0.15) is 11.8 Å². The summed E-state index contributed by atoms with van der Waals surface area (Å²) < 4.78 is 38.3. The minimum atomic E-state index is -3.73. The van der Waals surface area contributed by atoms with E-state index in [1.165, 1.54) is 16.4 Å². The lowest BCUT2D eigenvalue weighted by atomic mass is 10.2. The van der Waals surface area contributed by atoms with Crippen LogP contribution in [0.2, 0.25) is 0 Å². The summed E-state index contributed by atoms with van der Waals surface area (Å²) in [6.07, 6.45) is 1.16. The molecule has 0 unspecified atom stereocenters. The first-order valence-corrected chi connectivity index (χ1v) is 12.8. The Hall–Kier alpha value is -1.82. The lowest BCUT2D eigenvalue weighted by molar-refractivity contribution is -0.135. The van der Waals surface area contributed by atoms with Crippen LogP contribution in [0.25, 0.3) is 0 Å². The van der Waals surface area contributed by atoms with Crippen molar-refractivity contribution in [3.63, 3.8) is 0 Å². The van der Waals surface area contributed by atoms with Gasteiger partial charge in [-0.2, -0.15) is 4.31 Å². The Morgan fingerprint density at radius 1 is 1.35 bits per heavy atom. The molecule has 3 fully saturated rings. The fourth-order valence-corrected chi connectivity index (χ4v) is 7.08. The predicted molar refractivity (Wildman–Crippen MR) is 117 cm³/mol. The lowest BCUT2D eigenvalue weighted by Gasteiger charge is -2.30. The van der Waals surface area contributed by atoms with Crippen LogP contribution in [0.15, 0.2) is 23.1 Å². The Morgan fingerprint density at radius 3 is 2.81 bits per heavy atom. The lowest BCUT2D eigenvalue weighted by Crippen LogP contribution is -2.48. The topological polar surface area (TPSA) is 105 Å². The van der Waals surface area contributed by atoms with Crippen LogP contribution >= 0.6 is 11.8 Å². The number of sulfonamides is 1. The standard InChI is InChI=1S/C20H27N3O6S2/c1-3-29-17-5-4-14(31(26,27)22-8-10-28-11-9-22)12-15(17)21-19(25)16-13-30-20(2)7-6-18(24)23(16)20/h4-5,12,16H,3,6-11,13H2,1-2H3,(H,21,25)/t16-,20-/m1/s1. The van der Waals surface area contributed by atoms with Crippen molar-refractivity contribution in [3.8, 4) is 5.75 Å². The van der Waals surface area contributed by atoms with E-state index in [1.807, 2.05) is 13.8 Å². The number of rotatable bonds is 6. The van der Waals surface area contributed by atoms with Crippen LogP contribution in [0.4, 0.5) is 5.69 Å². The second-order valence-electron chi connectivity index (χ2n) is 7.86. The SMILES string of the molecule is CCOc1ccc(S(=O)(=O)N2CCOCC2)cc1NC(=O)[C@H]1CS[C@]2(C)CCC(=O)N12. The first-order valence-electron chi connectivity index (χ1n) is 10.4. The number of fused-ring (bicyclic) bond motifs is 1. The number of thioether (sulfide) groups is 1. The van der Waals surface area contributed by atoms with Crippen molar-refractivity contribution in [2.45, 2.75) is 42.5 Å². The second-order valence-corrected chi connectivity index (χ2v) is 11.3. The van der Waals surface area contributed by atoms with Crippen LogP contribution < -0.4 is 10.1 Å². The fraction of sp³-hybridized carbons (Fsp3) is 0.600. The number of anilines is 1. The van der Waals surface area contributed by atoms with Gasteiger partial charge in [0, 0.05) is 25.3 Å². The molecule has 0 aromatic heterocycles. The molecular weight excluding hydrogens is 442 g/mol. The molecule has 9 nitrogen and oxygen atoms in total. The van der Waals surface area contributed by atoms with Gasteiger partial charge in [0.05, 0.1) is 35.3 Å². The molecule has 3 saturated heterocycles. The Kier molecular flexibility index (Phi) is 6.21. The van der Waals surface area contributed by atoms with E-state index in [-0.39, 0.29) is 40.4 Å². The minimum absolute atomic E-state index is 0.0265. The molecule has 0 aliphatic carbocycles. The van der Waals surface area contributed by atoms with Crippen molar-refractivity contribution in [2.24, 2.45) is 0 Å². The molecule has 2 atom stereocenters. The number of amides is 2. The molecule has 3 aliphatic heterocycles. The molecule has 3 heterocycles. The zero-order chi connectivity index (χ0) is 22.2. The normalized spacial score (nSPS) is 26.7. The molecule has 2 amide bonds. The van der Waals surface area contributed by atoms with Gasteiger partial charge in [-0.15, -0.1) is 11.8 Å². The number of carbonyl (C=O) groups excluding carboxylic acids is 2. The first kappa shape index (κ1) is 22.4. The smallest absolute Gasteiger partial charge is 0.248 e. The summed E-state index contributed by atoms with van der Waals surface area (Å²) in [5.74, 6) is 0.525. The molecule has 3 aliphatic rings. The van der Waals surface area contributed by atoms with Gasteiger partial charge in [0.25, 0.3) is 0 Å². The third-order valence-corrected chi connectivity index (χ3v) is 9.26. The fourth-order valence-electron chi connectivity index (χ4n) is 4.22. The van der Waals surface area contributed by atoms with Gasteiger partial charge in [0.15, 0.2) is 0 Å². The summed E-state index contributed by atoms with van der Waals surface area (Å²) in [4.78, 5) is 26.9. The van der Waals surface area contributed by atoms with Crippen LogP contribution in [-0.2, 0) is 24.3 Å². The Bertz CT molecular complexity index is 979. The van der Waals surface area contributed by atoms with Crippen LogP contribution in [0.5, 0.6) is 5.75 Å². The van der Waals surface area contributed by atoms with Crippen LogP contribution in [-0.4, -0.2) is 79.0 Å². The van der Waals surface area contributed by atoms with Crippen molar-refractivity contribution in [1.82, 2.24) is 9.21 Å². The third-order valence-electron chi connectivity index (χ3n) is 5.86. The van der Waals surface area contributed by atoms with E-state index < -0.39 is 16.1 Å². The summed E-state index contributed by atoms with van der Waals surface area (Å²) in [5.41, 5.74) is 0.284. The molecule has 1 aromatic rings. The van der Waals surface area contributed by atoms with Crippen molar-refractivity contribution in [1.29, 1.82) is 0 Å². The molecule has 1 aromatic carbocycles. The van der Waals surface area contributed by atoms with Gasteiger partial charge >= 0.3 is 0 Å². The average Bonchev–Trinajstić information content (AvgIpc) is 3.25. The molecule has 1 N–H and O–H groups in total. The molecule has 0 spiro atoms. The maximum Gasteiger partial charge on any atom is 0.248 e. The van der Waals surface area contributed by atoms with Gasteiger partial charge in [-0.25, -0.2) is 8.42 Å².